The van der Waals surface area contributed by atoms with Gasteiger partial charge in [0.15, 0.2) is 11.5 Å². The Hall–Kier alpha value is -2.31. The van der Waals surface area contributed by atoms with Gasteiger partial charge in [-0.05, 0) is 48.7 Å². The van der Waals surface area contributed by atoms with Gasteiger partial charge in [0.2, 0.25) is 5.91 Å². The van der Waals surface area contributed by atoms with Gasteiger partial charge >= 0.3 is 0 Å². The molecule has 1 aliphatic heterocycles. The van der Waals surface area contributed by atoms with E-state index < -0.39 is 0 Å². The fraction of sp³-hybridized carbons (Fsp3) is 0.409. The molecule has 1 aliphatic rings. The highest BCUT2D eigenvalue weighted by Gasteiger charge is 2.19. The Morgan fingerprint density at radius 1 is 1.21 bits per heavy atom. The highest BCUT2D eigenvalue weighted by atomic mass is 35.5. The number of rotatable bonds is 10. The molecule has 5 nitrogen and oxygen atoms in total. The van der Waals surface area contributed by atoms with Crippen LogP contribution in [-0.2, 0) is 17.9 Å². The van der Waals surface area contributed by atoms with Crippen LogP contribution in [0.4, 0.5) is 4.39 Å². The number of ether oxygens (including phenoxy) is 2. The molecule has 0 aromatic heterocycles. The van der Waals surface area contributed by atoms with Crippen LogP contribution in [0.5, 0.6) is 11.5 Å². The number of hydrogen-bond acceptors (Lipinski definition) is 4. The third kappa shape index (κ3) is 6.08. The molecule has 0 spiro atoms. The summed E-state index contributed by atoms with van der Waals surface area (Å²) >= 11 is 6.42. The van der Waals surface area contributed by atoms with Gasteiger partial charge in [-0.2, -0.15) is 0 Å². The maximum Gasteiger partial charge on any atom is 0.222 e. The SMILES string of the molecule is COc1cc(CNCCCN2CCCC2=O)c(Cl)cc1OCc1ccc(F)cc1. The second-order valence-corrected chi connectivity index (χ2v) is 7.43. The second-order valence-electron chi connectivity index (χ2n) is 7.02. The van der Waals surface area contributed by atoms with E-state index in [1.807, 2.05) is 11.0 Å². The van der Waals surface area contributed by atoms with Crippen LogP contribution >= 0.6 is 11.6 Å². The van der Waals surface area contributed by atoms with Crippen molar-refractivity contribution in [2.45, 2.75) is 32.4 Å². The van der Waals surface area contributed by atoms with E-state index in [2.05, 4.69) is 5.32 Å². The molecule has 0 atom stereocenters. The van der Waals surface area contributed by atoms with E-state index in [0.717, 1.165) is 43.6 Å². The minimum atomic E-state index is -0.279. The molecule has 1 amide bonds. The summed E-state index contributed by atoms with van der Waals surface area (Å²) in [6.07, 6.45) is 2.55. The normalized spacial score (nSPS) is 13.8. The first-order valence-corrected chi connectivity index (χ1v) is 10.2. The van der Waals surface area contributed by atoms with Crippen LogP contribution in [0.2, 0.25) is 5.02 Å². The minimum absolute atomic E-state index is 0.258. The molecular weight excluding hydrogens is 395 g/mol. The van der Waals surface area contributed by atoms with Crippen LogP contribution in [0.3, 0.4) is 0 Å². The Bertz CT molecular complexity index is 830. The Balaban J connectivity index is 1.50. The summed E-state index contributed by atoms with van der Waals surface area (Å²) in [5, 5.41) is 3.95. The maximum absolute atomic E-state index is 13.0. The van der Waals surface area contributed by atoms with Crippen LogP contribution in [0, 0.1) is 5.82 Å². The first-order valence-electron chi connectivity index (χ1n) is 9.79. The van der Waals surface area contributed by atoms with Crippen LogP contribution in [0.1, 0.15) is 30.4 Å². The van der Waals surface area contributed by atoms with E-state index in [1.54, 1.807) is 25.3 Å². The molecule has 7 heteroatoms. The first-order chi connectivity index (χ1) is 14.1. The molecule has 1 saturated heterocycles. The van der Waals surface area contributed by atoms with Gasteiger partial charge < -0.3 is 19.7 Å². The molecule has 0 bridgehead atoms. The van der Waals surface area contributed by atoms with Crippen molar-refractivity contribution in [1.29, 1.82) is 0 Å². The van der Waals surface area contributed by atoms with Crippen molar-refractivity contribution in [2.24, 2.45) is 0 Å². The Morgan fingerprint density at radius 3 is 2.69 bits per heavy atom. The zero-order chi connectivity index (χ0) is 20.6. The standard InChI is InChI=1S/C22H26ClFN2O3/c1-28-20-12-17(14-25-9-3-11-26-10-2-4-22(26)27)19(23)13-21(20)29-15-16-5-7-18(24)8-6-16/h5-8,12-13,25H,2-4,9-11,14-15H2,1H3. The van der Waals surface area contributed by atoms with Crippen molar-refractivity contribution in [3.8, 4) is 11.5 Å². The largest absolute Gasteiger partial charge is 0.493 e. The van der Waals surface area contributed by atoms with Gasteiger partial charge in [-0.3, -0.25) is 4.79 Å². The molecule has 0 saturated carbocycles. The maximum atomic E-state index is 13.0. The van der Waals surface area contributed by atoms with E-state index in [1.165, 1.54) is 12.1 Å². The van der Waals surface area contributed by atoms with E-state index in [4.69, 9.17) is 21.1 Å². The predicted octanol–water partition coefficient (Wildman–Crippen LogP) is 4.17. The van der Waals surface area contributed by atoms with Gasteiger partial charge in [-0.1, -0.05) is 23.7 Å². The molecule has 0 aliphatic carbocycles. The van der Waals surface area contributed by atoms with Crippen LogP contribution < -0.4 is 14.8 Å². The average Bonchev–Trinajstić information content (AvgIpc) is 3.13. The fourth-order valence-corrected chi connectivity index (χ4v) is 3.51. The van der Waals surface area contributed by atoms with Gasteiger partial charge in [-0.15, -0.1) is 0 Å². The Kier molecular flexibility index (Phi) is 7.72. The van der Waals surface area contributed by atoms with Crippen molar-refractivity contribution in [3.63, 3.8) is 0 Å². The summed E-state index contributed by atoms with van der Waals surface area (Å²) in [7, 11) is 1.58. The Morgan fingerprint density at radius 2 is 2.00 bits per heavy atom. The minimum Gasteiger partial charge on any atom is -0.493 e. The zero-order valence-corrected chi connectivity index (χ0v) is 17.3. The van der Waals surface area contributed by atoms with Gasteiger partial charge in [0.1, 0.15) is 12.4 Å². The lowest BCUT2D eigenvalue weighted by Gasteiger charge is -2.16. The predicted molar refractivity (Wildman–Crippen MR) is 111 cm³/mol. The number of amides is 1. The molecular formula is C22H26ClFN2O3. The quantitative estimate of drug-likeness (QED) is 0.586. The van der Waals surface area contributed by atoms with Crippen LogP contribution in [0.15, 0.2) is 36.4 Å². The van der Waals surface area contributed by atoms with Crippen LogP contribution in [-0.4, -0.2) is 37.6 Å². The molecule has 0 radical (unpaired) electrons. The van der Waals surface area contributed by atoms with Gasteiger partial charge in [-0.25, -0.2) is 4.39 Å². The number of benzene rings is 2. The number of nitrogens with one attached hydrogen (secondary N) is 1. The van der Waals surface area contributed by atoms with Gasteiger partial charge in [0, 0.05) is 37.1 Å². The van der Waals surface area contributed by atoms with E-state index in [0.29, 0.717) is 36.1 Å². The molecule has 2 aromatic rings. The van der Waals surface area contributed by atoms with Gasteiger partial charge in [0.05, 0.1) is 7.11 Å². The molecule has 1 N–H and O–H groups in total. The number of likely N-dealkylation sites (tertiary alicyclic amines) is 1. The monoisotopic (exact) mass is 420 g/mol. The van der Waals surface area contributed by atoms with E-state index in [-0.39, 0.29) is 11.7 Å². The molecule has 29 heavy (non-hydrogen) atoms. The van der Waals surface area contributed by atoms with Crippen molar-refractivity contribution in [3.05, 3.63) is 58.4 Å². The molecule has 0 unspecified atom stereocenters. The number of halogens is 2. The third-order valence-electron chi connectivity index (χ3n) is 4.91. The number of carbonyl (C=O) groups excluding carboxylic acids is 1. The molecule has 1 fully saturated rings. The molecule has 1 heterocycles. The average molecular weight is 421 g/mol. The lowest BCUT2D eigenvalue weighted by Crippen LogP contribution is -2.28. The molecule has 3 rings (SSSR count). The van der Waals surface area contributed by atoms with Crippen LogP contribution in [0.25, 0.3) is 0 Å². The van der Waals surface area contributed by atoms with Gasteiger partial charge in [0.25, 0.3) is 0 Å². The topological polar surface area (TPSA) is 50.8 Å². The molecule has 156 valence electrons. The second kappa shape index (κ2) is 10.5. The summed E-state index contributed by atoms with van der Waals surface area (Å²) in [6.45, 7) is 3.35. The van der Waals surface area contributed by atoms with Crippen molar-refractivity contribution < 1.29 is 18.7 Å². The lowest BCUT2D eigenvalue weighted by atomic mass is 10.2. The number of nitrogens with zero attached hydrogens (tertiary/aromatic N) is 1. The van der Waals surface area contributed by atoms with E-state index in [9.17, 15) is 9.18 Å². The summed E-state index contributed by atoms with van der Waals surface area (Å²) in [4.78, 5) is 13.5. The molecule has 2 aromatic carbocycles. The number of hydrogen-bond donors (Lipinski definition) is 1. The lowest BCUT2D eigenvalue weighted by molar-refractivity contribution is -0.127. The summed E-state index contributed by atoms with van der Waals surface area (Å²) < 4.78 is 24.3. The summed E-state index contributed by atoms with van der Waals surface area (Å²) in [5.41, 5.74) is 1.77. The number of carbonyl (C=O) groups is 1. The number of methoxy groups -OCH3 is 1. The summed E-state index contributed by atoms with van der Waals surface area (Å²) in [5.74, 6) is 1.11. The van der Waals surface area contributed by atoms with Crippen molar-refractivity contribution in [1.82, 2.24) is 10.2 Å². The third-order valence-corrected chi connectivity index (χ3v) is 5.26. The van der Waals surface area contributed by atoms with Crippen molar-refractivity contribution in [2.75, 3.05) is 26.7 Å². The highest BCUT2D eigenvalue weighted by molar-refractivity contribution is 6.31. The fourth-order valence-electron chi connectivity index (χ4n) is 3.29. The first kappa shape index (κ1) is 21.4. The summed E-state index contributed by atoms with van der Waals surface area (Å²) in [6, 6.07) is 9.76. The van der Waals surface area contributed by atoms with E-state index >= 15 is 0 Å². The van der Waals surface area contributed by atoms with Crippen molar-refractivity contribution >= 4 is 17.5 Å². The Labute approximate surface area is 175 Å². The zero-order valence-electron chi connectivity index (χ0n) is 16.5. The smallest absolute Gasteiger partial charge is 0.222 e. The highest BCUT2D eigenvalue weighted by Crippen LogP contribution is 2.34.